The van der Waals surface area contributed by atoms with Crippen LogP contribution >= 0.6 is 27.5 Å². The van der Waals surface area contributed by atoms with Crippen molar-refractivity contribution in [1.29, 1.82) is 0 Å². The van der Waals surface area contributed by atoms with Crippen molar-refractivity contribution in [3.8, 4) is 0 Å². The van der Waals surface area contributed by atoms with Gasteiger partial charge in [-0.2, -0.15) is 0 Å². The van der Waals surface area contributed by atoms with Gasteiger partial charge in [0.25, 0.3) is 0 Å². The van der Waals surface area contributed by atoms with Crippen LogP contribution in [0.15, 0.2) is 46.9 Å². The molecular weight excluding hydrogens is 383 g/mol. The molecule has 6 heteroatoms. The summed E-state index contributed by atoms with van der Waals surface area (Å²) >= 11 is 9.03. The summed E-state index contributed by atoms with van der Waals surface area (Å²) < 4.78 is 14.3. The Kier molecular flexibility index (Phi) is 6.57. The van der Waals surface area contributed by atoms with E-state index in [9.17, 15) is 9.18 Å². The Morgan fingerprint density at radius 1 is 1.26 bits per heavy atom. The highest BCUT2D eigenvalue weighted by Crippen LogP contribution is 2.19. The number of rotatable bonds is 6. The van der Waals surface area contributed by atoms with Crippen molar-refractivity contribution in [3.05, 3.63) is 63.3 Å². The molecule has 0 saturated heterocycles. The highest BCUT2D eigenvalue weighted by molar-refractivity contribution is 9.10. The van der Waals surface area contributed by atoms with Crippen molar-refractivity contribution in [3.63, 3.8) is 0 Å². The van der Waals surface area contributed by atoms with E-state index in [0.29, 0.717) is 22.5 Å². The number of nitrogens with one attached hydrogen (secondary N) is 1. The first kappa shape index (κ1) is 17.9. The number of hydrogen-bond donors (Lipinski definition) is 1. The van der Waals surface area contributed by atoms with Gasteiger partial charge in [0.15, 0.2) is 0 Å². The first-order valence-electron chi connectivity index (χ1n) is 7.12. The van der Waals surface area contributed by atoms with Crippen LogP contribution in [0.2, 0.25) is 5.02 Å². The number of hydrogen-bond acceptors (Lipinski definition) is 2. The van der Waals surface area contributed by atoms with Gasteiger partial charge in [0.1, 0.15) is 5.82 Å². The lowest BCUT2D eigenvalue weighted by Crippen LogP contribution is -2.24. The molecule has 0 saturated carbocycles. The fraction of sp³-hybridized carbons (Fsp3) is 0.235. The van der Waals surface area contributed by atoms with Gasteiger partial charge < -0.3 is 10.2 Å². The van der Waals surface area contributed by atoms with Gasteiger partial charge in [-0.1, -0.05) is 39.7 Å². The molecule has 0 heterocycles. The van der Waals surface area contributed by atoms with Crippen LogP contribution < -0.4 is 5.32 Å². The third kappa shape index (κ3) is 5.94. The van der Waals surface area contributed by atoms with Crippen molar-refractivity contribution >= 4 is 39.1 Å². The zero-order chi connectivity index (χ0) is 16.8. The molecular formula is C17H17BrClFN2O. The van der Waals surface area contributed by atoms with Crippen LogP contribution in [0.5, 0.6) is 0 Å². The Morgan fingerprint density at radius 2 is 1.96 bits per heavy atom. The standard InChI is InChI=1S/C17H17BrClFN2O/c1-22(11-12-2-5-14(19)6-3-12)9-8-17(23)21-16-7-4-13(18)10-15(16)20/h2-7,10H,8-9,11H2,1H3,(H,21,23). The van der Waals surface area contributed by atoms with Gasteiger partial charge in [0, 0.05) is 29.0 Å². The second kappa shape index (κ2) is 8.43. The van der Waals surface area contributed by atoms with Gasteiger partial charge in [-0.15, -0.1) is 0 Å². The molecule has 0 spiro atoms. The Bertz CT molecular complexity index is 679. The number of nitrogens with zero attached hydrogens (tertiary/aromatic N) is 1. The monoisotopic (exact) mass is 398 g/mol. The highest BCUT2D eigenvalue weighted by Gasteiger charge is 2.09. The summed E-state index contributed by atoms with van der Waals surface area (Å²) in [5, 5.41) is 3.29. The molecule has 0 bridgehead atoms. The predicted molar refractivity (Wildman–Crippen MR) is 95.1 cm³/mol. The zero-order valence-electron chi connectivity index (χ0n) is 12.7. The average molecular weight is 400 g/mol. The van der Waals surface area contributed by atoms with Gasteiger partial charge in [-0.05, 0) is 42.9 Å². The lowest BCUT2D eigenvalue weighted by Gasteiger charge is -2.16. The van der Waals surface area contributed by atoms with E-state index in [1.807, 2.05) is 36.2 Å². The smallest absolute Gasteiger partial charge is 0.225 e. The SMILES string of the molecule is CN(CCC(=O)Nc1ccc(Br)cc1F)Cc1ccc(Cl)cc1. The summed E-state index contributed by atoms with van der Waals surface area (Å²) in [7, 11) is 1.93. The van der Waals surface area contributed by atoms with Crippen molar-refractivity contribution in [2.24, 2.45) is 0 Å². The first-order chi connectivity index (χ1) is 10.9. The van der Waals surface area contributed by atoms with E-state index in [2.05, 4.69) is 21.2 Å². The van der Waals surface area contributed by atoms with Crippen LogP contribution in [-0.2, 0) is 11.3 Å². The Balaban J connectivity index is 1.80. The Morgan fingerprint density at radius 3 is 2.61 bits per heavy atom. The van der Waals surface area contributed by atoms with Crippen LogP contribution in [0, 0.1) is 5.82 Å². The van der Waals surface area contributed by atoms with Gasteiger partial charge in [0.05, 0.1) is 5.69 Å². The summed E-state index contributed by atoms with van der Waals surface area (Å²) in [5.41, 5.74) is 1.31. The average Bonchev–Trinajstić information content (AvgIpc) is 2.50. The predicted octanol–water partition coefficient (Wildman–Crippen LogP) is 4.70. The van der Waals surface area contributed by atoms with E-state index in [0.717, 1.165) is 12.1 Å². The topological polar surface area (TPSA) is 32.3 Å². The molecule has 0 aliphatic rings. The van der Waals surface area contributed by atoms with Crippen molar-refractivity contribution in [2.45, 2.75) is 13.0 Å². The molecule has 0 aliphatic carbocycles. The van der Waals surface area contributed by atoms with E-state index in [1.54, 1.807) is 6.07 Å². The molecule has 1 amide bonds. The largest absolute Gasteiger partial charge is 0.324 e. The third-order valence-electron chi connectivity index (χ3n) is 3.29. The molecule has 3 nitrogen and oxygen atoms in total. The number of amides is 1. The van der Waals surface area contributed by atoms with E-state index in [-0.39, 0.29) is 11.6 Å². The first-order valence-corrected chi connectivity index (χ1v) is 8.29. The summed E-state index contributed by atoms with van der Waals surface area (Å²) in [6.45, 7) is 1.30. The molecule has 1 N–H and O–H groups in total. The molecule has 0 unspecified atom stereocenters. The van der Waals surface area contributed by atoms with E-state index >= 15 is 0 Å². The number of carbonyl (C=O) groups excluding carboxylic acids is 1. The Hall–Kier alpha value is -1.43. The van der Waals surface area contributed by atoms with Crippen molar-refractivity contribution in [2.75, 3.05) is 18.9 Å². The van der Waals surface area contributed by atoms with Gasteiger partial charge in [-0.25, -0.2) is 4.39 Å². The van der Waals surface area contributed by atoms with Crippen LogP contribution in [0.4, 0.5) is 10.1 Å². The molecule has 0 aromatic heterocycles. The minimum absolute atomic E-state index is 0.193. The maximum absolute atomic E-state index is 13.7. The summed E-state index contributed by atoms with van der Waals surface area (Å²) in [5.74, 6) is -0.670. The number of benzene rings is 2. The normalized spacial score (nSPS) is 10.8. The summed E-state index contributed by atoms with van der Waals surface area (Å²) in [6, 6.07) is 12.1. The van der Waals surface area contributed by atoms with Crippen LogP contribution in [0.3, 0.4) is 0 Å². The molecule has 0 aliphatic heterocycles. The zero-order valence-corrected chi connectivity index (χ0v) is 15.0. The summed E-state index contributed by atoms with van der Waals surface area (Å²) in [6.07, 6.45) is 0.291. The molecule has 122 valence electrons. The molecule has 23 heavy (non-hydrogen) atoms. The van der Waals surface area contributed by atoms with E-state index < -0.39 is 5.82 Å². The second-order valence-electron chi connectivity index (χ2n) is 5.29. The highest BCUT2D eigenvalue weighted by atomic mass is 79.9. The van der Waals surface area contributed by atoms with Crippen molar-refractivity contribution < 1.29 is 9.18 Å². The third-order valence-corrected chi connectivity index (χ3v) is 4.04. The van der Waals surface area contributed by atoms with E-state index in [4.69, 9.17) is 11.6 Å². The molecule has 0 fully saturated rings. The fourth-order valence-corrected chi connectivity index (χ4v) is 2.54. The van der Waals surface area contributed by atoms with Crippen LogP contribution in [-0.4, -0.2) is 24.4 Å². The molecule has 2 rings (SSSR count). The molecule has 2 aromatic carbocycles. The van der Waals surface area contributed by atoms with Crippen LogP contribution in [0.25, 0.3) is 0 Å². The quantitative estimate of drug-likeness (QED) is 0.763. The molecule has 0 atom stereocenters. The maximum atomic E-state index is 13.7. The Labute approximate surface area is 148 Å². The molecule has 0 radical (unpaired) electrons. The number of carbonyl (C=O) groups is 1. The van der Waals surface area contributed by atoms with Gasteiger partial charge >= 0.3 is 0 Å². The van der Waals surface area contributed by atoms with Crippen LogP contribution in [0.1, 0.15) is 12.0 Å². The van der Waals surface area contributed by atoms with Crippen molar-refractivity contribution in [1.82, 2.24) is 4.90 Å². The number of anilines is 1. The minimum Gasteiger partial charge on any atom is -0.324 e. The second-order valence-corrected chi connectivity index (χ2v) is 6.64. The lowest BCUT2D eigenvalue weighted by atomic mass is 10.2. The summed E-state index contributed by atoms with van der Waals surface area (Å²) in [4.78, 5) is 13.9. The molecule has 2 aromatic rings. The minimum atomic E-state index is -0.456. The lowest BCUT2D eigenvalue weighted by molar-refractivity contribution is -0.116. The van der Waals surface area contributed by atoms with Gasteiger partial charge in [0.2, 0.25) is 5.91 Å². The van der Waals surface area contributed by atoms with E-state index in [1.165, 1.54) is 12.1 Å². The fourth-order valence-electron chi connectivity index (χ4n) is 2.08. The number of halogens is 3. The van der Waals surface area contributed by atoms with Gasteiger partial charge in [-0.3, -0.25) is 4.79 Å². The maximum Gasteiger partial charge on any atom is 0.225 e.